The molecule has 6 heteroatoms. The molecule has 18 heavy (non-hydrogen) atoms. The maximum absolute atomic E-state index is 12.1. The van der Waals surface area contributed by atoms with Crippen LogP contribution in [0.3, 0.4) is 0 Å². The lowest BCUT2D eigenvalue weighted by Crippen LogP contribution is -2.29. The third-order valence-electron chi connectivity index (χ3n) is 2.58. The van der Waals surface area contributed by atoms with E-state index in [1.807, 2.05) is 6.92 Å². The largest absolute Gasteiger partial charge is 0.347 e. The Balaban J connectivity index is 2.14. The van der Waals surface area contributed by atoms with Crippen molar-refractivity contribution in [2.75, 3.05) is 0 Å². The summed E-state index contributed by atoms with van der Waals surface area (Å²) < 4.78 is 0. The van der Waals surface area contributed by atoms with Crippen molar-refractivity contribution in [1.29, 1.82) is 0 Å². The maximum atomic E-state index is 12.1. The maximum Gasteiger partial charge on any atom is 0.253 e. The first kappa shape index (κ1) is 12.6. The van der Waals surface area contributed by atoms with Crippen LogP contribution in [0.4, 0.5) is 0 Å². The molecule has 0 aliphatic carbocycles. The smallest absolute Gasteiger partial charge is 0.253 e. The zero-order valence-electron chi connectivity index (χ0n) is 9.85. The standard InChI is InChI=1S/C12H13ClN4O/c1-2-10(11-15-5-6-16-11)17-12(18)8-3-4-14-7-9(8)13/h3-7,10H,2H2,1H3,(H,15,16)(H,17,18). The van der Waals surface area contributed by atoms with Crippen LogP contribution in [-0.4, -0.2) is 20.9 Å². The van der Waals surface area contributed by atoms with Gasteiger partial charge in [0.25, 0.3) is 5.91 Å². The van der Waals surface area contributed by atoms with Crippen LogP contribution >= 0.6 is 11.6 Å². The molecule has 0 saturated carbocycles. The zero-order valence-corrected chi connectivity index (χ0v) is 10.6. The second kappa shape index (κ2) is 5.64. The molecule has 0 saturated heterocycles. The second-order valence-electron chi connectivity index (χ2n) is 3.76. The molecule has 1 unspecified atom stereocenters. The summed E-state index contributed by atoms with van der Waals surface area (Å²) in [5.41, 5.74) is 0.414. The molecule has 0 radical (unpaired) electrons. The topological polar surface area (TPSA) is 70.7 Å². The highest BCUT2D eigenvalue weighted by Gasteiger charge is 2.17. The fraction of sp³-hybridized carbons (Fsp3) is 0.250. The summed E-state index contributed by atoms with van der Waals surface area (Å²) in [4.78, 5) is 23.0. The highest BCUT2D eigenvalue weighted by molar-refractivity contribution is 6.33. The fourth-order valence-corrected chi connectivity index (χ4v) is 1.83. The molecule has 94 valence electrons. The van der Waals surface area contributed by atoms with Gasteiger partial charge in [-0.05, 0) is 12.5 Å². The van der Waals surface area contributed by atoms with Gasteiger partial charge in [0, 0.05) is 24.8 Å². The van der Waals surface area contributed by atoms with Gasteiger partial charge >= 0.3 is 0 Å². The summed E-state index contributed by atoms with van der Waals surface area (Å²) in [5, 5.41) is 3.22. The molecule has 0 aromatic carbocycles. The minimum Gasteiger partial charge on any atom is -0.347 e. The van der Waals surface area contributed by atoms with Crippen LogP contribution in [0, 0.1) is 0 Å². The van der Waals surface area contributed by atoms with E-state index >= 15 is 0 Å². The van der Waals surface area contributed by atoms with Gasteiger partial charge in [-0.2, -0.15) is 0 Å². The van der Waals surface area contributed by atoms with Crippen LogP contribution < -0.4 is 5.32 Å². The van der Waals surface area contributed by atoms with Crippen molar-refractivity contribution in [1.82, 2.24) is 20.3 Å². The number of nitrogens with one attached hydrogen (secondary N) is 2. The van der Waals surface area contributed by atoms with Gasteiger partial charge in [-0.3, -0.25) is 9.78 Å². The quantitative estimate of drug-likeness (QED) is 0.890. The summed E-state index contributed by atoms with van der Waals surface area (Å²) in [6.45, 7) is 1.97. The van der Waals surface area contributed by atoms with E-state index < -0.39 is 0 Å². The first-order valence-corrected chi connectivity index (χ1v) is 5.99. The Kier molecular flexibility index (Phi) is 3.94. The highest BCUT2D eigenvalue weighted by Crippen LogP contribution is 2.16. The number of hydrogen-bond donors (Lipinski definition) is 2. The van der Waals surface area contributed by atoms with Crippen LogP contribution in [0.1, 0.15) is 35.6 Å². The van der Waals surface area contributed by atoms with Crippen LogP contribution in [0.2, 0.25) is 5.02 Å². The van der Waals surface area contributed by atoms with Gasteiger partial charge in [-0.25, -0.2) is 4.98 Å². The van der Waals surface area contributed by atoms with Gasteiger partial charge in [-0.1, -0.05) is 18.5 Å². The van der Waals surface area contributed by atoms with Gasteiger partial charge < -0.3 is 10.3 Å². The average molecular weight is 265 g/mol. The number of nitrogens with zero attached hydrogens (tertiary/aromatic N) is 2. The van der Waals surface area contributed by atoms with Crippen molar-refractivity contribution >= 4 is 17.5 Å². The Morgan fingerprint density at radius 2 is 2.39 bits per heavy atom. The van der Waals surface area contributed by atoms with Crippen LogP contribution in [0.25, 0.3) is 0 Å². The molecule has 2 aromatic heterocycles. The monoisotopic (exact) mass is 264 g/mol. The number of imidazole rings is 1. The van der Waals surface area contributed by atoms with E-state index in [0.29, 0.717) is 10.6 Å². The van der Waals surface area contributed by atoms with Crippen LogP contribution in [0.15, 0.2) is 30.9 Å². The number of carbonyl (C=O) groups is 1. The van der Waals surface area contributed by atoms with E-state index in [9.17, 15) is 4.79 Å². The Hall–Kier alpha value is -1.88. The van der Waals surface area contributed by atoms with E-state index in [4.69, 9.17) is 11.6 Å². The minimum atomic E-state index is -0.231. The molecule has 2 aromatic rings. The van der Waals surface area contributed by atoms with Crippen molar-refractivity contribution in [3.05, 3.63) is 47.3 Å². The van der Waals surface area contributed by atoms with Crippen molar-refractivity contribution in [2.45, 2.75) is 19.4 Å². The number of H-pyrrole nitrogens is 1. The second-order valence-corrected chi connectivity index (χ2v) is 4.17. The lowest BCUT2D eigenvalue weighted by molar-refractivity contribution is 0.0934. The number of carbonyl (C=O) groups excluding carboxylic acids is 1. The van der Waals surface area contributed by atoms with Crippen molar-refractivity contribution in [3.8, 4) is 0 Å². The Morgan fingerprint density at radius 3 is 3.00 bits per heavy atom. The number of rotatable bonds is 4. The van der Waals surface area contributed by atoms with Gasteiger partial charge in [0.05, 0.1) is 16.6 Å². The predicted octanol–water partition coefficient (Wildman–Crippen LogP) is 2.34. The average Bonchev–Trinajstić information content (AvgIpc) is 2.90. The molecule has 0 fully saturated rings. The van der Waals surface area contributed by atoms with Crippen molar-refractivity contribution in [3.63, 3.8) is 0 Å². The van der Waals surface area contributed by atoms with Gasteiger partial charge in [0.15, 0.2) is 0 Å². The van der Waals surface area contributed by atoms with E-state index in [-0.39, 0.29) is 11.9 Å². The lowest BCUT2D eigenvalue weighted by Gasteiger charge is -2.15. The molecule has 0 aliphatic rings. The number of aromatic amines is 1. The number of amides is 1. The molecule has 1 atom stereocenters. The predicted molar refractivity (Wildman–Crippen MR) is 68.3 cm³/mol. The van der Waals surface area contributed by atoms with Crippen LogP contribution in [0.5, 0.6) is 0 Å². The Labute approximate surface area is 110 Å². The third kappa shape index (κ3) is 2.68. The Morgan fingerprint density at radius 1 is 1.56 bits per heavy atom. The normalized spacial score (nSPS) is 12.1. The summed E-state index contributed by atoms with van der Waals surface area (Å²) in [6.07, 6.45) is 7.11. The molecule has 0 spiro atoms. The van der Waals surface area contributed by atoms with Gasteiger partial charge in [-0.15, -0.1) is 0 Å². The molecular formula is C12H13ClN4O. The highest BCUT2D eigenvalue weighted by atomic mass is 35.5. The number of halogens is 1. The van der Waals surface area contributed by atoms with E-state index in [1.165, 1.54) is 12.4 Å². The van der Waals surface area contributed by atoms with E-state index in [0.717, 1.165) is 12.2 Å². The number of aromatic nitrogens is 3. The van der Waals surface area contributed by atoms with Crippen molar-refractivity contribution in [2.24, 2.45) is 0 Å². The first-order valence-electron chi connectivity index (χ1n) is 5.62. The zero-order chi connectivity index (χ0) is 13.0. The first-order chi connectivity index (χ1) is 8.72. The fourth-order valence-electron chi connectivity index (χ4n) is 1.63. The molecule has 2 heterocycles. The van der Waals surface area contributed by atoms with Gasteiger partial charge in [0.1, 0.15) is 5.82 Å². The molecular weight excluding hydrogens is 252 g/mol. The number of hydrogen-bond acceptors (Lipinski definition) is 3. The lowest BCUT2D eigenvalue weighted by atomic mass is 10.2. The van der Waals surface area contributed by atoms with Crippen molar-refractivity contribution < 1.29 is 4.79 Å². The Bertz CT molecular complexity index is 527. The summed E-state index contributed by atoms with van der Waals surface area (Å²) in [6, 6.07) is 1.43. The van der Waals surface area contributed by atoms with E-state index in [2.05, 4.69) is 20.3 Å². The molecule has 2 N–H and O–H groups in total. The summed E-state index contributed by atoms with van der Waals surface area (Å²) in [7, 11) is 0. The number of pyridine rings is 1. The third-order valence-corrected chi connectivity index (χ3v) is 2.88. The summed E-state index contributed by atoms with van der Waals surface area (Å²) in [5.74, 6) is 0.502. The molecule has 5 nitrogen and oxygen atoms in total. The van der Waals surface area contributed by atoms with E-state index in [1.54, 1.807) is 18.5 Å². The SMILES string of the molecule is CCC(NC(=O)c1ccncc1Cl)c1ncc[nH]1. The molecule has 2 rings (SSSR count). The molecule has 0 bridgehead atoms. The van der Waals surface area contributed by atoms with Gasteiger partial charge in [0.2, 0.25) is 0 Å². The summed E-state index contributed by atoms with van der Waals surface area (Å²) >= 11 is 5.92. The molecule has 1 amide bonds. The molecule has 0 aliphatic heterocycles. The van der Waals surface area contributed by atoms with Crippen LogP contribution in [-0.2, 0) is 0 Å². The minimum absolute atomic E-state index is 0.156.